The van der Waals surface area contributed by atoms with Crippen LogP contribution in [0.1, 0.15) is 30.1 Å². The van der Waals surface area contributed by atoms with Crippen molar-refractivity contribution in [1.29, 1.82) is 0 Å². The van der Waals surface area contributed by atoms with Crippen molar-refractivity contribution in [2.45, 2.75) is 25.8 Å². The lowest BCUT2D eigenvalue weighted by Crippen LogP contribution is -2.43. The molecule has 2 aromatic rings. The molecule has 1 saturated carbocycles. The highest BCUT2D eigenvalue weighted by atomic mass is 32.2. The van der Waals surface area contributed by atoms with Gasteiger partial charge < -0.3 is 21.3 Å². The Labute approximate surface area is 177 Å². The number of primary amides is 1. The third kappa shape index (κ3) is 5.16. The van der Waals surface area contributed by atoms with E-state index in [4.69, 9.17) is 5.73 Å². The molecule has 29 heavy (non-hydrogen) atoms. The summed E-state index contributed by atoms with van der Waals surface area (Å²) in [4.78, 5) is 14.1. The highest BCUT2D eigenvalue weighted by Gasteiger charge is 2.23. The molecular weight excluding hydrogens is 382 g/mol. The maximum atomic E-state index is 11.7. The largest absolute Gasteiger partial charge is 0.382 e. The molecule has 1 amide bonds. The van der Waals surface area contributed by atoms with Gasteiger partial charge in [0, 0.05) is 60.7 Å². The van der Waals surface area contributed by atoms with Crippen LogP contribution in [0.15, 0.2) is 42.5 Å². The second-order valence-corrected chi connectivity index (χ2v) is 8.90. The van der Waals surface area contributed by atoms with Gasteiger partial charge in [-0.15, -0.1) is 0 Å². The molecule has 4 rings (SSSR count). The van der Waals surface area contributed by atoms with Crippen LogP contribution in [0.4, 0.5) is 22.7 Å². The normalized spacial score (nSPS) is 17.2. The smallest absolute Gasteiger partial charge is 0.250 e. The van der Waals surface area contributed by atoms with E-state index in [0.717, 1.165) is 61.8 Å². The molecule has 0 spiro atoms. The maximum absolute atomic E-state index is 11.7. The molecule has 1 saturated heterocycles. The number of hydrogen-bond acceptors (Lipinski definition) is 6. The number of rotatable bonds is 8. The topological polar surface area (TPSA) is 73.6 Å². The number of nitrogens with two attached hydrogens (primary N) is 1. The zero-order valence-corrected chi connectivity index (χ0v) is 17.7. The molecule has 1 aliphatic carbocycles. The predicted octanol–water partition coefficient (Wildman–Crippen LogP) is 3.89. The molecule has 0 bridgehead atoms. The summed E-state index contributed by atoms with van der Waals surface area (Å²) in [6, 6.07) is 14.7. The van der Waals surface area contributed by atoms with Crippen LogP contribution in [-0.2, 0) is 0 Å². The Morgan fingerprint density at radius 3 is 2.38 bits per heavy atom. The Morgan fingerprint density at radius 2 is 1.76 bits per heavy atom. The number of anilines is 4. The molecule has 0 aromatic heterocycles. The van der Waals surface area contributed by atoms with E-state index < -0.39 is 5.91 Å². The van der Waals surface area contributed by atoms with E-state index in [-0.39, 0.29) is 0 Å². The van der Waals surface area contributed by atoms with Crippen molar-refractivity contribution in [1.82, 2.24) is 4.31 Å². The Morgan fingerprint density at radius 1 is 1.07 bits per heavy atom. The predicted molar refractivity (Wildman–Crippen MR) is 123 cm³/mol. The molecule has 0 radical (unpaired) electrons. The summed E-state index contributed by atoms with van der Waals surface area (Å²) in [7, 11) is 0. The fourth-order valence-electron chi connectivity index (χ4n) is 3.58. The number of amides is 1. The Hall–Kier alpha value is -2.38. The number of carbonyl (C=O) groups is 1. The van der Waals surface area contributed by atoms with Gasteiger partial charge in [0.25, 0.3) is 5.91 Å². The Kier molecular flexibility index (Phi) is 6.16. The minimum absolute atomic E-state index is 0.401. The van der Waals surface area contributed by atoms with Gasteiger partial charge in [-0.2, -0.15) is 0 Å². The summed E-state index contributed by atoms with van der Waals surface area (Å²) < 4.78 is 2.45. The van der Waals surface area contributed by atoms with E-state index in [1.165, 1.54) is 5.69 Å². The molecule has 2 aliphatic rings. The first-order chi connectivity index (χ1) is 14.1. The third-order valence-electron chi connectivity index (χ3n) is 5.29. The summed E-state index contributed by atoms with van der Waals surface area (Å²) in [6.07, 6.45) is 2.28. The van der Waals surface area contributed by atoms with Crippen LogP contribution in [0.2, 0.25) is 0 Å². The van der Waals surface area contributed by atoms with Crippen LogP contribution in [-0.4, -0.2) is 48.2 Å². The molecule has 0 unspecified atom stereocenters. The fourth-order valence-corrected chi connectivity index (χ4v) is 4.37. The van der Waals surface area contributed by atoms with E-state index in [1.54, 1.807) is 6.07 Å². The average molecular weight is 412 g/mol. The molecule has 154 valence electrons. The van der Waals surface area contributed by atoms with Crippen molar-refractivity contribution >= 4 is 40.6 Å². The SMILES string of the molecule is CCSN1CCN(c2ccc(Nc3ccc(C(N)=O)c(NC4CC4)c3)cc2)CC1. The average Bonchev–Trinajstić information content (AvgIpc) is 3.53. The quantitative estimate of drug-likeness (QED) is 0.572. The molecule has 0 atom stereocenters. The summed E-state index contributed by atoms with van der Waals surface area (Å²) >= 11 is 1.93. The number of piperazine rings is 1. The van der Waals surface area contributed by atoms with Gasteiger partial charge in [-0.05, 0) is 55.3 Å². The van der Waals surface area contributed by atoms with E-state index in [9.17, 15) is 4.79 Å². The molecule has 2 fully saturated rings. The monoisotopic (exact) mass is 411 g/mol. The highest BCUT2D eigenvalue weighted by Crippen LogP contribution is 2.30. The first kappa shape index (κ1) is 19.9. The lowest BCUT2D eigenvalue weighted by atomic mass is 10.1. The van der Waals surface area contributed by atoms with Gasteiger partial charge in [0.05, 0.1) is 5.56 Å². The van der Waals surface area contributed by atoms with Gasteiger partial charge >= 0.3 is 0 Å². The van der Waals surface area contributed by atoms with E-state index in [0.29, 0.717) is 11.6 Å². The van der Waals surface area contributed by atoms with Gasteiger partial charge in [0.2, 0.25) is 0 Å². The standard InChI is InChI=1S/C22H29N5OS/c1-2-29-27-13-11-26(12-14-27)19-8-5-16(6-9-19)24-18-7-10-20(22(23)28)21(15-18)25-17-3-4-17/h5-10,15,17,24-25H,2-4,11-14H2,1H3,(H2,23,28). The maximum Gasteiger partial charge on any atom is 0.250 e. The molecule has 1 aliphatic heterocycles. The van der Waals surface area contributed by atoms with E-state index in [2.05, 4.69) is 51.0 Å². The molecule has 6 nitrogen and oxygen atoms in total. The van der Waals surface area contributed by atoms with Crippen LogP contribution in [0.5, 0.6) is 0 Å². The molecule has 2 aromatic carbocycles. The summed E-state index contributed by atoms with van der Waals surface area (Å²) in [6.45, 7) is 6.52. The first-order valence-electron chi connectivity index (χ1n) is 10.3. The van der Waals surface area contributed by atoms with Gasteiger partial charge in [-0.1, -0.05) is 18.9 Å². The minimum atomic E-state index is -0.401. The summed E-state index contributed by atoms with van der Waals surface area (Å²) in [5.41, 5.74) is 10.1. The number of nitrogens with zero attached hydrogens (tertiary/aromatic N) is 2. The second kappa shape index (κ2) is 8.97. The number of hydrogen-bond donors (Lipinski definition) is 3. The number of benzene rings is 2. The van der Waals surface area contributed by atoms with Crippen molar-refractivity contribution in [3.8, 4) is 0 Å². The van der Waals surface area contributed by atoms with Crippen molar-refractivity contribution in [3.05, 3.63) is 48.0 Å². The van der Waals surface area contributed by atoms with Crippen molar-refractivity contribution in [3.63, 3.8) is 0 Å². The van der Waals surface area contributed by atoms with Crippen LogP contribution >= 0.6 is 11.9 Å². The van der Waals surface area contributed by atoms with Crippen LogP contribution in [0.3, 0.4) is 0 Å². The van der Waals surface area contributed by atoms with E-state index >= 15 is 0 Å². The Bertz CT molecular complexity index is 845. The zero-order chi connectivity index (χ0) is 20.2. The van der Waals surface area contributed by atoms with Gasteiger partial charge in [-0.3, -0.25) is 4.79 Å². The molecule has 4 N–H and O–H groups in total. The van der Waals surface area contributed by atoms with E-state index in [1.807, 2.05) is 24.1 Å². The lowest BCUT2D eigenvalue weighted by molar-refractivity contribution is 0.100. The lowest BCUT2D eigenvalue weighted by Gasteiger charge is -2.35. The summed E-state index contributed by atoms with van der Waals surface area (Å²) in [5.74, 6) is 0.736. The third-order valence-corrected chi connectivity index (χ3v) is 6.28. The van der Waals surface area contributed by atoms with Crippen molar-refractivity contribution in [2.24, 2.45) is 5.73 Å². The number of carbonyl (C=O) groups excluding carboxylic acids is 1. The van der Waals surface area contributed by atoms with Gasteiger partial charge in [-0.25, -0.2) is 4.31 Å². The van der Waals surface area contributed by atoms with Gasteiger partial charge in [0.1, 0.15) is 0 Å². The number of nitrogens with one attached hydrogen (secondary N) is 2. The Balaban J connectivity index is 1.40. The summed E-state index contributed by atoms with van der Waals surface area (Å²) in [5, 5.41) is 6.84. The van der Waals surface area contributed by atoms with Gasteiger partial charge in [0.15, 0.2) is 0 Å². The van der Waals surface area contributed by atoms with Crippen LogP contribution < -0.4 is 21.3 Å². The highest BCUT2D eigenvalue weighted by molar-refractivity contribution is 7.96. The molecule has 1 heterocycles. The fraction of sp³-hybridized carbons (Fsp3) is 0.409. The first-order valence-corrected chi connectivity index (χ1v) is 11.3. The van der Waals surface area contributed by atoms with Crippen molar-refractivity contribution < 1.29 is 4.79 Å². The minimum Gasteiger partial charge on any atom is -0.382 e. The molecule has 7 heteroatoms. The molecular formula is C22H29N5OS. The van der Waals surface area contributed by atoms with Crippen LogP contribution in [0, 0.1) is 0 Å². The zero-order valence-electron chi connectivity index (χ0n) is 16.9. The van der Waals surface area contributed by atoms with Crippen molar-refractivity contribution in [2.75, 3.05) is 47.5 Å². The second-order valence-electron chi connectivity index (χ2n) is 7.55. The van der Waals surface area contributed by atoms with Crippen LogP contribution in [0.25, 0.3) is 0 Å².